The van der Waals surface area contributed by atoms with E-state index in [1.807, 2.05) is 0 Å². The van der Waals surface area contributed by atoms with Crippen molar-refractivity contribution in [2.45, 2.75) is 64.5 Å². The average molecular weight is 275 g/mol. The van der Waals surface area contributed by atoms with E-state index in [4.69, 9.17) is 0 Å². The predicted octanol–water partition coefficient (Wildman–Crippen LogP) is 2.76. The Bertz CT molecular complexity index is 348. The van der Waals surface area contributed by atoms with Crippen LogP contribution in [0.3, 0.4) is 0 Å². The lowest BCUT2D eigenvalue weighted by Crippen LogP contribution is -2.38. The molecule has 0 heterocycles. The lowest BCUT2D eigenvalue weighted by molar-refractivity contribution is 0.209. The molecule has 108 valence electrons. The van der Waals surface area contributed by atoms with Crippen LogP contribution < -0.4 is 5.32 Å². The first kappa shape index (κ1) is 16.0. The third-order valence-corrected chi connectivity index (χ3v) is 6.70. The number of sulfone groups is 1. The number of nitrogens with one attached hydrogen (secondary N) is 1. The zero-order valence-electron chi connectivity index (χ0n) is 12.4. The second-order valence-corrected chi connectivity index (χ2v) is 9.84. The lowest BCUT2D eigenvalue weighted by Gasteiger charge is -2.34. The summed E-state index contributed by atoms with van der Waals surface area (Å²) in [5, 5.41) is 3.34. The first-order valence-electron chi connectivity index (χ1n) is 7.09. The maximum atomic E-state index is 11.9. The second-order valence-electron chi connectivity index (χ2n) is 6.98. The van der Waals surface area contributed by atoms with E-state index in [0.29, 0.717) is 12.0 Å². The third kappa shape index (κ3) is 4.54. The van der Waals surface area contributed by atoms with E-state index in [1.54, 1.807) is 20.8 Å². The van der Waals surface area contributed by atoms with Crippen LogP contribution in [0.2, 0.25) is 0 Å². The molecule has 0 radical (unpaired) electrons. The van der Waals surface area contributed by atoms with Crippen LogP contribution in [-0.2, 0) is 9.84 Å². The zero-order chi connectivity index (χ0) is 13.9. The summed E-state index contributed by atoms with van der Waals surface area (Å²) in [6, 6.07) is 0. The molecule has 0 saturated heterocycles. The monoisotopic (exact) mass is 275 g/mol. The molecule has 1 N–H and O–H groups in total. The molecule has 4 heteroatoms. The summed E-state index contributed by atoms with van der Waals surface area (Å²) in [7, 11) is -2.98. The van der Waals surface area contributed by atoms with E-state index in [-0.39, 0.29) is 5.75 Å². The molecule has 18 heavy (non-hydrogen) atoms. The molecule has 0 spiro atoms. The average Bonchev–Trinajstić information content (AvgIpc) is 2.24. The van der Waals surface area contributed by atoms with Gasteiger partial charge in [-0.05, 0) is 39.0 Å². The van der Waals surface area contributed by atoms with Crippen molar-refractivity contribution in [3.05, 3.63) is 0 Å². The van der Waals surface area contributed by atoms with Crippen LogP contribution in [0.4, 0.5) is 0 Å². The van der Waals surface area contributed by atoms with Gasteiger partial charge >= 0.3 is 0 Å². The summed E-state index contributed by atoms with van der Waals surface area (Å²) in [6.07, 6.45) is 6.53. The van der Waals surface area contributed by atoms with Gasteiger partial charge in [0.15, 0.2) is 9.84 Å². The van der Waals surface area contributed by atoms with Gasteiger partial charge in [0.1, 0.15) is 0 Å². The van der Waals surface area contributed by atoms with Gasteiger partial charge < -0.3 is 5.32 Å². The molecule has 3 nitrogen and oxygen atoms in total. The molecule has 1 fully saturated rings. The highest BCUT2D eigenvalue weighted by atomic mass is 32.2. The van der Waals surface area contributed by atoms with Crippen molar-refractivity contribution in [3.63, 3.8) is 0 Å². The van der Waals surface area contributed by atoms with Crippen molar-refractivity contribution in [3.8, 4) is 0 Å². The van der Waals surface area contributed by atoms with Crippen molar-refractivity contribution in [2.24, 2.45) is 5.41 Å². The summed E-state index contributed by atoms with van der Waals surface area (Å²) in [6.45, 7) is 9.15. The van der Waals surface area contributed by atoms with Crippen LogP contribution in [0.5, 0.6) is 0 Å². The number of hydrogen-bond acceptors (Lipinski definition) is 3. The zero-order valence-corrected chi connectivity index (χ0v) is 13.2. The first-order chi connectivity index (χ1) is 8.16. The fourth-order valence-corrected chi connectivity index (χ4v) is 3.51. The molecule has 0 aromatic heterocycles. The Morgan fingerprint density at radius 3 is 2.17 bits per heavy atom. The number of hydrogen-bond donors (Lipinski definition) is 1. The van der Waals surface area contributed by atoms with Gasteiger partial charge in [0.05, 0.1) is 10.5 Å². The predicted molar refractivity (Wildman–Crippen MR) is 77.6 cm³/mol. The fourth-order valence-electron chi connectivity index (χ4n) is 2.48. The Labute approximate surface area is 113 Å². The minimum atomic E-state index is -2.98. The van der Waals surface area contributed by atoms with Crippen molar-refractivity contribution >= 4 is 9.84 Å². The smallest absolute Gasteiger partial charge is 0.156 e. The summed E-state index contributed by atoms with van der Waals surface area (Å²) in [5.41, 5.74) is 0.379. The molecule has 0 aliphatic heterocycles. The standard InChI is InChI=1S/C14H29NO2S/c1-13(2,3)18(16,17)11-10-15-12-14(4)8-6-5-7-9-14/h15H,5-12H2,1-4H3. The Kier molecular flexibility index (Phi) is 5.24. The summed E-state index contributed by atoms with van der Waals surface area (Å²) >= 11 is 0. The van der Waals surface area contributed by atoms with Crippen molar-refractivity contribution in [1.29, 1.82) is 0 Å². The van der Waals surface area contributed by atoms with Gasteiger partial charge in [-0.2, -0.15) is 0 Å². The topological polar surface area (TPSA) is 46.2 Å². The van der Waals surface area contributed by atoms with Gasteiger partial charge in [0.25, 0.3) is 0 Å². The van der Waals surface area contributed by atoms with Gasteiger partial charge in [-0.25, -0.2) is 8.42 Å². The van der Waals surface area contributed by atoms with E-state index in [2.05, 4.69) is 12.2 Å². The maximum Gasteiger partial charge on any atom is 0.156 e. The SMILES string of the molecule is CC1(CNCCS(=O)(=O)C(C)(C)C)CCCCC1. The molecule has 0 aromatic carbocycles. The molecule has 1 saturated carbocycles. The molecule has 0 bridgehead atoms. The van der Waals surface area contributed by atoms with Gasteiger partial charge in [-0.3, -0.25) is 0 Å². The lowest BCUT2D eigenvalue weighted by atomic mass is 9.76. The van der Waals surface area contributed by atoms with Gasteiger partial charge in [0, 0.05) is 13.1 Å². The fraction of sp³-hybridized carbons (Fsp3) is 1.00. The second kappa shape index (κ2) is 5.91. The highest BCUT2D eigenvalue weighted by Gasteiger charge is 2.29. The molecule has 0 aromatic rings. The normalized spacial score (nSPS) is 20.9. The summed E-state index contributed by atoms with van der Waals surface area (Å²) < 4.78 is 23.3. The first-order valence-corrected chi connectivity index (χ1v) is 8.75. The molecule has 1 aliphatic rings. The molecular weight excluding hydrogens is 246 g/mol. The van der Waals surface area contributed by atoms with E-state index >= 15 is 0 Å². The van der Waals surface area contributed by atoms with Gasteiger partial charge in [-0.15, -0.1) is 0 Å². The molecule has 1 rings (SSSR count). The van der Waals surface area contributed by atoms with Crippen LogP contribution in [0.1, 0.15) is 59.8 Å². The van der Waals surface area contributed by atoms with E-state index in [1.165, 1.54) is 32.1 Å². The molecule has 0 unspecified atom stereocenters. The highest BCUT2D eigenvalue weighted by Crippen LogP contribution is 2.34. The highest BCUT2D eigenvalue weighted by molar-refractivity contribution is 7.92. The van der Waals surface area contributed by atoms with Crippen molar-refractivity contribution in [1.82, 2.24) is 5.32 Å². The van der Waals surface area contributed by atoms with E-state index < -0.39 is 14.6 Å². The summed E-state index contributed by atoms with van der Waals surface area (Å²) in [5.74, 6) is 0.243. The van der Waals surface area contributed by atoms with Gasteiger partial charge in [-0.1, -0.05) is 26.2 Å². The Balaban J connectivity index is 2.31. The Morgan fingerprint density at radius 1 is 1.11 bits per heavy atom. The van der Waals surface area contributed by atoms with Crippen molar-refractivity contribution in [2.75, 3.05) is 18.8 Å². The quantitative estimate of drug-likeness (QED) is 0.785. The van der Waals surface area contributed by atoms with E-state index in [0.717, 1.165) is 6.54 Å². The van der Waals surface area contributed by atoms with Crippen LogP contribution in [0.15, 0.2) is 0 Å². The van der Waals surface area contributed by atoms with E-state index in [9.17, 15) is 8.42 Å². The molecule has 0 amide bonds. The number of rotatable bonds is 5. The largest absolute Gasteiger partial charge is 0.315 e. The van der Waals surface area contributed by atoms with Crippen LogP contribution >= 0.6 is 0 Å². The molecular formula is C14H29NO2S. The molecule has 1 aliphatic carbocycles. The van der Waals surface area contributed by atoms with Crippen LogP contribution in [0, 0.1) is 5.41 Å². The molecule has 0 atom stereocenters. The maximum absolute atomic E-state index is 11.9. The van der Waals surface area contributed by atoms with Crippen LogP contribution in [0.25, 0.3) is 0 Å². The Hall–Kier alpha value is -0.0900. The minimum Gasteiger partial charge on any atom is -0.315 e. The Morgan fingerprint density at radius 2 is 1.67 bits per heavy atom. The van der Waals surface area contributed by atoms with Crippen molar-refractivity contribution < 1.29 is 8.42 Å². The minimum absolute atomic E-state index is 0.243. The summed E-state index contributed by atoms with van der Waals surface area (Å²) in [4.78, 5) is 0. The van der Waals surface area contributed by atoms with Gasteiger partial charge in [0.2, 0.25) is 0 Å². The van der Waals surface area contributed by atoms with Crippen LogP contribution in [-0.4, -0.2) is 32.0 Å². The third-order valence-electron chi connectivity index (χ3n) is 4.09.